The van der Waals surface area contributed by atoms with Crippen LogP contribution in [0.2, 0.25) is 0 Å². The number of aromatic nitrogens is 1. The highest BCUT2D eigenvalue weighted by atomic mass is 19.2. The Morgan fingerprint density at radius 3 is 2.26 bits per heavy atom. The molecule has 0 fully saturated rings. The summed E-state index contributed by atoms with van der Waals surface area (Å²) in [5.41, 5.74) is -0.971. The molecule has 1 aromatic carbocycles. The van der Waals surface area contributed by atoms with E-state index in [9.17, 15) is 41.5 Å². The number of methoxy groups -OCH3 is 1. The van der Waals surface area contributed by atoms with E-state index >= 15 is 0 Å². The fraction of sp³-hybridized carbons (Fsp3) is 0.348. The third kappa shape index (κ3) is 7.38. The second kappa shape index (κ2) is 13.3. The lowest BCUT2D eigenvalue weighted by Gasteiger charge is -2.22. The van der Waals surface area contributed by atoms with Crippen molar-refractivity contribution < 1.29 is 51.3 Å². The van der Waals surface area contributed by atoms with E-state index in [0.717, 1.165) is 4.57 Å². The summed E-state index contributed by atoms with van der Waals surface area (Å²) in [6.45, 7) is -0.0933. The average molecular weight is 545 g/mol. The van der Waals surface area contributed by atoms with Crippen molar-refractivity contribution in [2.24, 2.45) is 0 Å². The number of nitrogens with one attached hydrogen (secondary N) is 2. The summed E-state index contributed by atoms with van der Waals surface area (Å²) in [6, 6.07) is -0.525. The number of carbonyl (C=O) groups is 4. The summed E-state index contributed by atoms with van der Waals surface area (Å²) in [6.07, 6.45) is 0.211. The van der Waals surface area contributed by atoms with E-state index in [1.807, 2.05) is 0 Å². The number of hydrogen-bond acceptors (Lipinski definition) is 7. The minimum Gasteiger partial charge on any atom is -0.481 e. The van der Waals surface area contributed by atoms with E-state index < -0.39 is 83.3 Å². The first-order valence-corrected chi connectivity index (χ1v) is 10.9. The van der Waals surface area contributed by atoms with Crippen molar-refractivity contribution in [1.82, 2.24) is 9.88 Å². The van der Waals surface area contributed by atoms with Gasteiger partial charge in [0.2, 0.25) is 23.4 Å². The molecule has 1 aromatic heterocycles. The molecule has 0 aliphatic rings. The Morgan fingerprint density at radius 1 is 1.08 bits per heavy atom. The monoisotopic (exact) mass is 545 g/mol. The zero-order chi connectivity index (χ0) is 28.6. The number of Topliss-reactive ketones (excluding diaryl/α,β-unsaturated/α-hetero) is 1. The topological polar surface area (TPSA) is 153 Å². The van der Waals surface area contributed by atoms with Crippen LogP contribution in [-0.2, 0) is 23.9 Å². The first-order valence-electron chi connectivity index (χ1n) is 10.9. The van der Waals surface area contributed by atoms with Crippen molar-refractivity contribution in [3.05, 3.63) is 58.0 Å². The lowest BCUT2D eigenvalue weighted by molar-refractivity contribution is -0.140. The number of ether oxygens (including phenoxy) is 2. The van der Waals surface area contributed by atoms with Gasteiger partial charge < -0.3 is 29.8 Å². The van der Waals surface area contributed by atoms with Gasteiger partial charge in [0, 0.05) is 19.4 Å². The van der Waals surface area contributed by atoms with Crippen LogP contribution in [0.4, 0.5) is 23.2 Å². The van der Waals surface area contributed by atoms with Crippen LogP contribution in [0, 0.1) is 23.3 Å². The highest BCUT2D eigenvalue weighted by Crippen LogP contribution is 2.26. The summed E-state index contributed by atoms with van der Waals surface area (Å²) in [7, 11) is 1.27. The van der Waals surface area contributed by atoms with Gasteiger partial charge in [-0.3, -0.25) is 24.0 Å². The summed E-state index contributed by atoms with van der Waals surface area (Å²) >= 11 is 0. The van der Waals surface area contributed by atoms with Gasteiger partial charge in [0.15, 0.2) is 23.2 Å². The fourth-order valence-electron chi connectivity index (χ4n) is 3.29. The summed E-state index contributed by atoms with van der Waals surface area (Å²) < 4.78 is 64.5. The molecule has 2 aromatic rings. The third-order valence-corrected chi connectivity index (χ3v) is 5.06. The number of aliphatic carboxylic acids is 1. The molecule has 0 aliphatic heterocycles. The number of hydrogen-bond donors (Lipinski definition) is 3. The lowest BCUT2D eigenvalue weighted by atomic mass is 10.1. The van der Waals surface area contributed by atoms with Crippen molar-refractivity contribution in [3.8, 4) is 5.75 Å². The number of rotatable bonds is 13. The molecule has 0 radical (unpaired) electrons. The van der Waals surface area contributed by atoms with Gasteiger partial charge in [-0.25, -0.2) is 8.78 Å². The van der Waals surface area contributed by atoms with Gasteiger partial charge in [0.25, 0.3) is 5.56 Å². The van der Waals surface area contributed by atoms with Crippen LogP contribution in [0.15, 0.2) is 29.2 Å². The first kappa shape index (κ1) is 30.0. The Labute approximate surface area is 212 Å². The Bertz CT molecular complexity index is 1260. The van der Waals surface area contributed by atoms with Gasteiger partial charge in [-0.15, -0.1) is 0 Å². The van der Waals surface area contributed by atoms with Gasteiger partial charge in [0.1, 0.15) is 31.0 Å². The Kier molecular flexibility index (Phi) is 10.5. The maximum Gasteiger partial charge on any atom is 0.305 e. The third-order valence-electron chi connectivity index (χ3n) is 5.06. The molecule has 2 atom stereocenters. The fourth-order valence-corrected chi connectivity index (χ4v) is 3.29. The minimum atomic E-state index is -1.92. The first-order chi connectivity index (χ1) is 17.9. The molecule has 0 spiro atoms. The lowest BCUT2D eigenvalue weighted by Crippen LogP contribution is -2.48. The molecule has 0 unspecified atom stereocenters. The zero-order valence-corrected chi connectivity index (χ0v) is 20.1. The van der Waals surface area contributed by atoms with Gasteiger partial charge in [-0.2, -0.15) is 8.78 Å². The summed E-state index contributed by atoms with van der Waals surface area (Å²) in [5, 5.41) is 13.6. The molecule has 38 heavy (non-hydrogen) atoms. The Hall–Kier alpha value is -4.27. The van der Waals surface area contributed by atoms with E-state index in [2.05, 4.69) is 20.1 Å². The number of carboxylic acids is 1. The maximum absolute atomic E-state index is 13.8. The van der Waals surface area contributed by atoms with E-state index in [-0.39, 0.29) is 24.8 Å². The van der Waals surface area contributed by atoms with Crippen molar-refractivity contribution >= 4 is 29.3 Å². The molecular formula is C23H23F4N3O8. The molecule has 1 heterocycles. The number of pyridine rings is 1. The van der Waals surface area contributed by atoms with Crippen LogP contribution in [0.25, 0.3) is 0 Å². The number of anilines is 1. The molecule has 0 saturated heterocycles. The number of carbonyl (C=O) groups excluding carboxylic acids is 3. The Balaban J connectivity index is 2.25. The van der Waals surface area contributed by atoms with Gasteiger partial charge in [0.05, 0.1) is 6.42 Å². The molecule has 15 heteroatoms. The standard InChI is InChI=1S/C23H23F4N3O8/c1-3-15(30-6-4-5-13(23(30)36)28-17(32)10-37-2)22(35)29-14(8-18(33)34)16(31)9-38-21-19(26)11(24)7-12(25)20(21)27/h4-7,14-15H,3,8-10H2,1-2H3,(H,28,32)(H,29,35)(H,33,34)/t14-,15-/m0/s1. The van der Waals surface area contributed by atoms with E-state index in [0.29, 0.717) is 0 Å². The molecular weight excluding hydrogens is 522 g/mol. The predicted molar refractivity (Wildman–Crippen MR) is 121 cm³/mol. The molecule has 3 N–H and O–H groups in total. The molecule has 0 saturated carbocycles. The number of amides is 2. The van der Waals surface area contributed by atoms with Gasteiger partial charge in [-0.05, 0) is 18.6 Å². The van der Waals surface area contributed by atoms with Crippen molar-refractivity contribution in [2.45, 2.75) is 31.8 Å². The van der Waals surface area contributed by atoms with E-state index in [1.54, 1.807) is 0 Å². The van der Waals surface area contributed by atoms with Crippen LogP contribution in [0.5, 0.6) is 5.75 Å². The second-order valence-corrected chi connectivity index (χ2v) is 7.75. The zero-order valence-electron chi connectivity index (χ0n) is 20.1. The molecule has 11 nitrogen and oxygen atoms in total. The van der Waals surface area contributed by atoms with E-state index in [4.69, 9.17) is 5.11 Å². The van der Waals surface area contributed by atoms with E-state index in [1.165, 1.54) is 32.4 Å². The summed E-state index contributed by atoms with van der Waals surface area (Å²) in [4.78, 5) is 61.3. The molecule has 0 aliphatic carbocycles. The number of carboxylic acid groups (broad SMARTS) is 1. The minimum absolute atomic E-state index is 0.0231. The number of halogens is 4. The highest BCUT2D eigenvalue weighted by Gasteiger charge is 2.30. The Morgan fingerprint density at radius 2 is 1.71 bits per heavy atom. The largest absolute Gasteiger partial charge is 0.481 e. The van der Waals surface area contributed by atoms with Crippen LogP contribution in [0.3, 0.4) is 0 Å². The van der Waals surface area contributed by atoms with Crippen molar-refractivity contribution in [1.29, 1.82) is 0 Å². The SMILES string of the molecule is CC[C@@H](C(=O)N[C@@H](CC(=O)O)C(=O)COc1c(F)c(F)cc(F)c1F)n1cccc(NC(=O)COC)c1=O. The van der Waals surface area contributed by atoms with Crippen molar-refractivity contribution in [2.75, 3.05) is 25.6 Å². The second-order valence-electron chi connectivity index (χ2n) is 7.75. The molecule has 2 rings (SSSR count). The number of ketones is 1. The van der Waals surface area contributed by atoms with Crippen LogP contribution < -0.4 is 20.9 Å². The van der Waals surface area contributed by atoms with Gasteiger partial charge >= 0.3 is 5.97 Å². The van der Waals surface area contributed by atoms with Crippen LogP contribution in [-0.4, -0.2) is 59.6 Å². The van der Waals surface area contributed by atoms with Gasteiger partial charge in [-0.1, -0.05) is 6.92 Å². The average Bonchev–Trinajstić information content (AvgIpc) is 2.84. The normalized spacial score (nSPS) is 12.4. The van der Waals surface area contributed by atoms with Crippen LogP contribution >= 0.6 is 0 Å². The predicted octanol–water partition coefficient (Wildman–Crippen LogP) is 1.55. The molecule has 206 valence electrons. The highest BCUT2D eigenvalue weighted by molar-refractivity contribution is 5.94. The maximum atomic E-state index is 13.8. The number of benzene rings is 1. The van der Waals surface area contributed by atoms with Crippen molar-refractivity contribution in [3.63, 3.8) is 0 Å². The quantitative estimate of drug-likeness (QED) is 0.253. The molecule has 2 amide bonds. The number of nitrogens with zero attached hydrogens (tertiary/aromatic N) is 1. The smallest absolute Gasteiger partial charge is 0.305 e. The summed E-state index contributed by atoms with van der Waals surface area (Å²) in [5.74, 6) is -13.3. The van der Waals surface area contributed by atoms with Crippen LogP contribution in [0.1, 0.15) is 25.8 Å². The molecule has 0 bridgehead atoms.